The number of aliphatic hydroxyl groups is 2. The number of fused-ring (bicyclic) bond motifs is 2. The molecule has 1 aliphatic heterocycles. The maximum absolute atomic E-state index is 16.1. The summed E-state index contributed by atoms with van der Waals surface area (Å²) in [4.78, 5) is 21.8. The molecule has 1 atom stereocenters. The smallest absolute Gasteiger partial charge is 0.171 e. The van der Waals surface area contributed by atoms with E-state index in [9.17, 15) is 5.11 Å². The molecule has 0 spiro atoms. The van der Waals surface area contributed by atoms with Crippen molar-refractivity contribution >= 4 is 33.9 Å². The number of allylic oxidation sites excluding steroid dienone is 1. The molecule has 0 bridgehead atoms. The summed E-state index contributed by atoms with van der Waals surface area (Å²) in [6, 6.07) is 6.32. The number of aromatic nitrogens is 6. The summed E-state index contributed by atoms with van der Waals surface area (Å²) in [6.45, 7) is 3.92. The summed E-state index contributed by atoms with van der Waals surface area (Å²) in [5.74, 6) is -3.69. The summed E-state index contributed by atoms with van der Waals surface area (Å²) >= 11 is 0. The van der Waals surface area contributed by atoms with Crippen LogP contribution < -0.4 is 24.7 Å². The van der Waals surface area contributed by atoms with Crippen LogP contribution in [0.15, 0.2) is 66.4 Å². The van der Waals surface area contributed by atoms with Gasteiger partial charge in [-0.25, -0.2) is 27.5 Å². The van der Waals surface area contributed by atoms with Crippen molar-refractivity contribution in [3.05, 3.63) is 118 Å². The molecule has 15 nitrogen and oxygen atoms in total. The molecule has 358 valence electrons. The first kappa shape index (κ1) is 47.5. The highest BCUT2D eigenvalue weighted by molar-refractivity contribution is 6.10. The van der Waals surface area contributed by atoms with Gasteiger partial charge >= 0.3 is 0 Å². The monoisotopic (exact) mass is 939 g/mol. The second-order valence-corrected chi connectivity index (χ2v) is 16.6. The number of likely N-dealkylation sites (tertiary alicyclic amines) is 1. The number of H-pyrrole nitrogens is 2. The number of pyridine rings is 2. The van der Waals surface area contributed by atoms with Crippen molar-refractivity contribution in [1.82, 2.24) is 34.6 Å². The second kappa shape index (κ2) is 20.9. The lowest BCUT2D eigenvalue weighted by molar-refractivity contribution is 0.102. The molecule has 5 aromatic heterocycles. The van der Waals surface area contributed by atoms with E-state index in [1.54, 1.807) is 30.9 Å². The number of nitrogens with zero attached hydrogens (tertiary/aromatic N) is 6. The van der Waals surface area contributed by atoms with Crippen LogP contribution >= 0.6 is 0 Å². The van der Waals surface area contributed by atoms with E-state index >= 15 is 17.6 Å². The molecule has 1 aliphatic rings. The van der Waals surface area contributed by atoms with Crippen molar-refractivity contribution in [3.8, 4) is 34.1 Å². The van der Waals surface area contributed by atoms with Crippen LogP contribution in [0.2, 0.25) is 0 Å². The first-order valence-electron chi connectivity index (χ1n) is 22.1. The van der Waals surface area contributed by atoms with Crippen molar-refractivity contribution in [1.29, 1.82) is 0 Å². The van der Waals surface area contributed by atoms with Crippen LogP contribution in [0.5, 0.6) is 23.0 Å². The van der Waals surface area contributed by atoms with Gasteiger partial charge in [0.05, 0.1) is 59.4 Å². The number of nitrogens with two attached hydrogens (primary N) is 1. The van der Waals surface area contributed by atoms with Gasteiger partial charge in [-0.1, -0.05) is 0 Å². The number of aryl methyl sites for hydroxylation is 1. The normalized spacial score (nSPS) is 14.4. The first-order chi connectivity index (χ1) is 32.9. The number of ether oxygens (including phenoxy) is 4. The van der Waals surface area contributed by atoms with Crippen LogP contribution in [0.25, 0.3) is 38.8 Å². The van der Waals surface area contributed by atoms with Gasteiger partial charge in [-0.15, -0.1) is 0 Å². The molecule has 1 saturated heterocycles. The third kappa shape index (κ3) is 9.86. The van der Waals surface area contributed by atoms with E-state index in [0.29, 0.717) is 51.9 Å². The number of benzene rings is 2. The topological polar surface area (TPSA) is 194 Å². The predicted molar refractivity (Wildman–Crippen MR) is 250 cm³/mol. The van der Waals surface area contributed by atoms with Crippen LogP contribution in [-0.4, -0.2) is 118 Å². The quantitative estimate of drug-likeness (QED) is 0.0313. The van der Waals surface area contributed by atoms with Crippen molar-refractivity contribution in [2.24, 2.45) is 10.7 Å². The molecule has 0 saturated carbocycles. The lowest BCUT2D eigenvalue weighted by atomic mass is 9.99. The van der Waals surface area contributed by atoms with Gasteiger partial charge in [0.15, 0.2) is 46.3 Å². The SMILES string of the molecule is COc1cc(OC)c(F)c(Cc2c(C)[nH]c3ncc(-c4cnn(C5CCN(CCCOc6cc(OC)c(F)c(Cc7c[nH]c8ncc(C(C=NCC(O)CO)=CN)cc78)c6F)CC5)c4)cc23)c1F. The first-order valence-corrected chi connectivity index (χ1v) is 22.1. The summed E-state index contributed by atoms with van der Waals surface area (Å²) in [7, 11) is 3.96. The van der Waals surface area contributed by atoms with Gasteiger partial charge < -0.3 is 49.8 Å². The van der Waals surface area contributed by atoms with Gasteiger partial charge in [0.2, 0.25) is 0 Å². The lowest BCUT2D eigenvalue weighted by Crippen LogP contribution is -2.35. The zero-order valence-electron chi connectivity index (χ0n) is 38.1. The van der Waals surface area contributed by atoms with Crippen LogP contribution in [-0.2, 0) is 12.8 Å². The van der Waals surface area contributed by atoms with E-state index in [4.69, 9.17) is 34.9 Å². The van der Waals surface area contributed by atoms with Gasteiger partial charge in [0.25, 0.3) is 0 Å². The number of hydrogen-bond acceptors (Lipinski definition) is 12. The van der Waals surface area contributed by atoms with E-state index in [2.05, 4.69) is 29.8 Å². The number of aliphatic hydroxyl groups excluding tert-OH is 2. The minimum absolute atomic E-state index is 0.0229. The molecule has 6 heterocycles. The molecule has 6 N–H and O–H groups in total. The number of halogens is 4. The van der Waals surface area contributed by atoms with Gasteiger partial charge in [0, 0.05) is 132 Å². The van der Waals surface area contributed by atoms with Crippen LogP contribution in [0.3, 0.4) is 0 Å². The molecule has 2 aromatic carbocycles. The molecule has 0 amide bonds. The van der Waals surface area contributed by atoms with E-state index < -0.39 is 36.0 Å². The van der Waals surface area contributed by atoms with Crippen LogP contribution in [0, 0.1) is 30.2 Å². The summed E-state index contributed by atoms with van der Waals surface area (Å²) in [5, 5.41) is 24.8. The molecule has 0 radical (unpaired) electrons. The number of aliphatic imine (C=N–C) groups is 1. The molecule has 1 unspecified atom stereocenters. The fraction of sp³-hybridized carbons (Fsp3) is 0.347. The highest BCUT2D eigenvalue weighted by Crippen LogP contribution is 2.37. The Hall–Kier alpha value is -6.96. The molecule has 0 aliphatic carbocycles. The third-order valence-electron chi connectivity index (χ3n) is 12.4. The van der Waals surface area contributed by atoms with E-state index in [-0.39, 0.29) is 66.2 Å². The summed E-state index contributed by atoms with van der Waals surface area (Å²) in [5.41, 5.74) is 11.4. The molecule has 8 rings (SSSR count). The van der Waals surface area contributed by atoms with Crippen LogP contribution in [0.4, 0.5) is 17.6 Å². The lowest BCUT2D eigenvalue weighted by Gasteiger charge is -2.32. The molecule has 7 aromatic rings. The zero-order valence-corrected chi connectivity index (χ0v) is 38.1. The van der Waals surface area contributed by atoms with Crippen molar-refractivity contribution in [3.63, 3.8) is 0 Å². The second-order valence-electron chi connectivity index (χ2n) is 16.6. The summed E-state index contributed by atoms with van der Waals surface area (Å²) < 4.78 is 86.0. The Bertz CT molecular complexity index is 2950. The average molecular weight is 940 g/mol. The Labute approximate surface area is 389 Å². The number of hydrogen-bond donors (Lipinski definition) is 5. The van der Waals surface area contributed by atoms with Crippen molar-refractivity contribution in [2.45, 2.75) is 51.2 Å². The molecule has 68 heavy (non-hydrogen) atoms. The van der Waals surface area contributed by atoms with Crippen molar-refractivity contribution < 1.29 is 46.7 Å². The van der Waals surface area contributed by atoms with E-state index in [1.165, 1.54) is 45.9 Å². The third-order valence-corrected chi connectivity index (χ3v) is 12.4. The molecular formula is C49H53F4N9O6. The van der Waals surface area contributed by atoms with E-state index in [0.717, 1.165) is 48.1 Å². The van der Waals surface area contributed by atoms with Crippen molar-refractivity contribution in [2.75, 3.05) is 60.7 Å². The minimum atomic E-state index is -1.01. The number of methoxy groups -OCH3 is 3. The largest absolute Gasteiger partial charge is 0.494 e. The highest BCUT2D eigenvalue weighted by Gasteiger charge is 2.26. The minimum Gasteiger partial charge on any atom is -0.494 e. The summed E-state index contributed by atoms with van der Waals surface area (Å²) in [6.07, 6.45) is 12.7. The molecular weight excluding hydrogens is 887 g/mol. The fourth-order valence-electron chi connectivity index (χ4n) is 8.61. The number of rotatable bonds is 19. The van der Waals surface area contributed by atoms with Gasteiger partial charge in [-0.2, -0.15) is 5.10 Å². The maximum atomic E-state index is 16.1. The number of aromatic amines is 2. The number of piperidine rings is 1. The Kier molecular flexibility index (Phi) is 14.6. The molecule has 19 heteroatoms. The van der Waals surface area contributed by atoms with Gasteiger partial charge in [-0.05, 0) is 49.4 Å². The number of nitrogens with one attached hydrogen (secondary N) is 2. The molecule has 1 fully saturated rings. The standard InChI is InChI=1S/C49H53F4N9O6/c1-27-35(15-39-45(51)40(65-2)16-41(66-3)46(39)52)37-13-29(21-58-49(37)60-27)32-23-59-62(25-32)33-6-9-61(10-7-33)8-5-11-68-43-17-42(67-4)44(50)38(47(43)53)14-30-22-57-48-36(30)12-28(20-56-48)31(18-54)19-55-24-34(64)26-63/h12-13,16-23,25,33-34,63-64H,5-11,14-15,24,26,54H2,1-4H3,(H,56,57)(H,58,60). The van der Waals surface area contributed by atoms with E-state index in [1.807, 2.05) is 23.9 Å². The van der Waals surface area contributed by atoms with Crippen LogP contribution in [0.1, 0.15) is 58.8 Å². The Morgan fingerprint density at radius 2 is 1.51 bits per heavy atom. The average Bonchev–Trinajstić information content (AvgIpc) is 4.09. The highest BCUT2D eigenvalue weighted by atomic mass is 19.1. The Morgan fingerprint density at radius 1 is 0.853 bits per heavy atom. The Morgan fingerprint density at radius 3 is 2.19 bits per heavy atom. The zero-order chi connectivity index (χ0) is 48.1. The van der Waals surface area contributed by atoms with Gasteiger partial charge in [0.1, 0.15) is 11.3 Å². The predicted octanol–water partition coefficient (Wildman–Crippen LogP) is 7.20. The fourth-order valence-corrected chi connectivity index (χ4v) is 8.61. The maximum Gasteiger partial charge on any atom is 0.171 e. The van der Waals surface area contributed by atoms with Gasteiger partial charge in [-0.3, -0.25) is 9.67 Å². The Balaban J connectivity index is 0.874.